The van der Waals surface area contributed by atoms with Crippen molar-refractivity contribution in [1.82, 2.24) is 4.90 Å². The van der Waals surface area contributed by atoms with Gasteiger partial charge in [0.25, 0.3) is 5.91 Å². The van der Waals surface area contributed by atoms with Crippen molar-refractivity contribution >= 4 is 28.5 Å². The number of aryl methyl sites for hydroxylation is 1. The smallest absolute Gasteiger partial charge is 0.289 e. The molecule has 0 radical (unpaired) electrons. The highest BCUT2D eigenvalue weighted by molar-refractivity contribution is 6.31. The standard InChI is InChI=1S/C21H22ClNO4/c1-13-16-12-15(22)6-8-17(16)27-20(13)21(24)23(2)10-9-14-5-7-18(25-3)19(11-14)26-4/h5-8,11-12H,9-10H2,1-4H3. The lowest BCUT2D eigenvalue weighted by Gasteiger charge is -2.17. The van der Waals surface area contributed by atoms with Crippen LogP contribution in [0.25, 0.3) is 11.0 Å². The van der Waals surface area contributed by atoms with Crippen LogP contribution >= 0.6 is 11.6 Å². The Balaban J connectivity index is 1.74. The first-order chi connectivity index (χ1) is 12.9. The number of methoxy groups -OCH3 is 2. The summed E-state index contributed by atoms with van der Waals surface area (Å²) in [5.41, 5.74) is 2.52. The van der Waals surface area contributed by atoms with Crippen molar-refractivity contribution < 1.29 is 18.7 Å². The summed E-state index contributed by atoms with van der Waals surface area (Å²) in [4.78, 5) is 14.5. The lowest BCUT2D eigenvalue weighted by molar-refractivity contribution is 0.0766. The molecule has 1 heterocycles. The Labute approximate surface area is 163 Å². The highest BCUT2D eigenvalue weighted by Crippen LogP contribution is 2.29. The van der Waals surface area contributed by atoms with Crippen LogP contribution in [-0.4, -0.2) is 38.6 Å². The van der Waals surface area contributed by atoms with E-state index in [-0.39, 0.29) is 5.91 Å². The Morgan fingerprint density at radius 3 is 2.56 bits per heavy atom. The molecule has 5 nitrogen and oxygen atoms in total. The number of likely N-dealkylation sites (N-methyl/N-ethyl adjacent to an activating group) is 1. The fourth-order valence-corrected chi connectivity index (χ4v) is 3.18. The quantitative estimate of drug-likeness (QED) is 0.613. The molecule has 0 bridgehead atoms. The third kappa shape index (κ3) is 3.88. The Bertz CT molecular complexity index is 980. The molecule has 6 heteroatoms. The number of hydrogen-bond acceptors (Lipinski definition) is 4. The van der Waals surface area contributed by atoms with Gasteiger partial charge in [-0.1, -0.05) is 17.7 Å². The summed E-state index contributed by atoms with van der Waals surface area (Å²) in [6, 6.07) is 11.1. The molecule has 0 fully saturated rings. The molecule has 0 saturated heterocycles. The first kappa shape index (κ1) is 19.1. The predicted molar refractivity (Wildman–Crippen MR) is 106 cm³/mol. The number of fused-ring (bicyclic) bond motifs is 1. The molecule has 1 aromatic heterocycles. The van der Waals surface area contributed by atoms with Crippen LogP contribution in [0, 0.1) is 6.92 Å². The molecule has 2 aromatic carbocycles. The number of hydrogen-bond donors (Lipinski definition) is 0. The molecule has 0 N–H and O–H groups in total. The van der Waals surface area contributed by atoms with Crippen molar-refractivity contribution in [3.05, 3.63) is 58.3 Å². The third-order valence-corrected chi connectivity index (χ3v) is 4.86. The van der Waals surface area contributed by atoms with Gasteiger partial charge in [0.05, 0.1) is 14.2 Å². The largest absolute Gasteiger partial charge is 0.493 e. The number of amides is 1. The minimum absolute atomic E-state index is 0.153. The van der Waals surface area contributed by atoms with Gasteiger partial charge in [-0.25, -0.2) is 0 Å². The molecular weight excluding hydrogens is 366 g/mol. The Kier molecular flexibility index (Phi) is 5.61. The van der Waals surface area contributed by atoms with Crippen LogP contribution in [0.15, 0.2) is 40.8 Å². The van der Waals surface area contributed by atoms with E-state index in [0.29, 0.717) is 40.8 Å². The van der Waals surface area contributed by atoms with Crippen LogP contribution in [0.3, 0.4) is 0 Å². The van der Waals surface area contributed by atoms with Crippen molar-refractivity contribution in [3.63, 3.8) is 0 Å². The van der Waals surface area contributed by atoms with Gasteiger partial charge in [-0.3, -0.25) is 4.79 Å². The average Bonchev–Trinajstić information content (AvgIpc) is 3.01. The maximum atomic E-state index is 12.8. The zero-order valence-corrected chi connectivity index (χ0v) is 16.6. The van der Waals surface area contributed by atoms with Gasteiger partial charge >= 0.3 is 0 Å². The summed E-state index contributed by atoms with van der Waals surface area (Å²) in [5, 5.41) is 1.48. The van der Waals surface area contributed by atoms with Gasteiger partial charge in [-0.05, 0) is 49.2 Å². The predicted octanol–water partition coefficient (Wildman–Crippen LogP) is 4.73. The van der Waals surface area contributed by atoms with Crippen molar-refractivity contribution in [1.29, 1.82) is 0 Å². The number of rotatable bonds is 6. The molecule has 0 aliphatic rings. The Morgan fingerprint density at radius 2 is 1.85 bits per heavy atom. The minimum atomic E-state index is -0.153. The van der Waals surface area contributed by atoms with Crippen molar-refractivity contribution in [2.45, 2.75) is 13.3 Å². The fourth-order valence-electron chi connectivity index (χ4n) is 3.00. The second kappa shape index (κ2) is 7.92. The number of furan rings is 1. The number of carbonyl (C=O) groups excluding carboxylic acids is 1. The van der Waals surface area contributed by atoms with Crippen LogP contribution in [0.4, 0.5) is 0 Å². The molecule has 0 saturated carbocycles. The van der Waals surface area contributed by atoms with Gasteiger partial charge < -0.3 is 18.8 Å². The zero-order chi connectivity index (χ0) is 19.6. The number of benzene rings is 2. The molecule has 0 aliphatic carbocycles. The molecule has 1 amide bonds. The highest BCUT2D eigenvalue weighted by atomic mass is 35.5. The van der Waals surface area contributed by atoms with Crippen molar-refractivity contribution in [3.8, 4) is 11.5 Å². The van der Waals surface area contributed by atoms with E-state index < -0.39 is 0 Å². The zero-order valence-electron chi connectivity index (χ0n) is 15.8. The number of carbonyl (C=O) groups is 1. The average molecular weight is 388 g/mol. The van der Waals surface area contributed by atoms with Gasteiger partial charge in [0.1, 0.15) is 5.58 Å². The molecule has 27 heavy (non-hydrogen) atoms. The van der Waals surface area contributed by atoms with Crippen LogP contribution in [-0.2, 0) is 6.42 Å². The van der Waals surface area contributed by atoms with Gasteiger partial charge in [0.2, 0.25) is 0 Å². The van der Waals surface area contributed by atoms with E-state index in [1.54, 1.807) is 38.3 Å². The first-order valence-electron chi connectivity index (χ1n) is 8.59. The Hall–Kier alpha value is -2.66. The Morgan fingerprint density at radius 1 is 1.11 bits per heavy atom. The summed E-state index contributed by atoms with van der Waals surface area (Å²) < 4.78 is 16.3. The van der Waals surface area contributed by atoms with E-state index >= 15 is 0 Å². The van der Waals surface area contributed by atoms with E-state index in [2.05, 4.69) is 0 Å². The SMILES string of the molecule is COc1ccc(CCN(C)C(=O)c2oc3ccc(Cl)cc3c2C)cc1OC. The van der Waals surface area contributed by atoms with Crippen LogP contribution in [0.2, 0.25) is 5.02 Å². The molecule has 3 rings (SSSR count). The topological polar surface area (TPSA) is 51.9 Å². The normalized spacial score (nSPS) is 10.9. The molecule has 0 spiro atoms. The van der Waals surface area contributed by atoms with E-state index in [1.807, 2.05) is 31.2 Å². The maximum absolute atomic E-state index is 12.8. The summed E-state index contributed by atoms with van der Waals surface area (Å²) >= 11 is 6.05. The van der Waals surface area contributed by atoms with E-state index in [0.717, 1.165) is 16.5 Å². The van der Waals surface area contributed by atoms with E-state index in [4.69, 9.17) is 25.5 Å². The first-order valence-corrected chi connectivity index (χ1v) is 8.97. The molecule has 0 atom stereocenters. The number of ether oxygens (including phenoxy) is 2. The lowest BCUT2D eigenvalue weighted by atomic mass is 10.1. The fraction of sp³-hybridized carbons (Fsp3) is 0.286. The monoisotopic (exact) mass is 387 g/mol. The van der Waals surface area contributed by atoms with Gasteiger partial charge in [-0.15, -0.1) is 0 Å². The van der Waals surface area contributed by atoms with Gasteiger partial charge in [-0.2, -0.15) is 0 Å². The third-order valence-electron chi connectivity index (χ3n) is 4.62. The summed E-state index contributed by atoms with van der Waals surface area (Å²) in [7, 11) is 4.98. The summed E-state index contributed by atoms with van der Waals surface area (Å²) in [6.07, 6.45) is 0.688. The van der Waals surface area contributed by atoms with Gasteiger partial charge in [0.15, 0.2) is 17.3 Å². The molecule has 0 aliphatic heterocycles. The molecule has 0 unspecified atom stereocenters. The van der Waals surface area contributed by atoms with E-state index in [9.17, 15) is 4.79 Å². The molecule has 3 aromatic rings. The van der Waals surface area contributed by atoms with Crippen LogP contribution in [0.5, 0.6) is 11.5 Å². The second-order valence-corrected chi connectivity index (χ2v) is 6.80. The van der Waals surface area contributed by atoms with Crippen molar-refractivity contribution in [2.75, 3.05) is 27.8 Å². The summed E-state index contributed by atoms with van der Waals surface area (Å²) in [6.45, 7) is 2.42. The van der Waals surface area contributed by atoms with Crippen LogP contribution < -0.4 is 9.47 Å². The molecular formula is C21H22ClNO4. The number of nitrogens with zero attached hydrogens (tertiary/aromatic N) is 1. The molecule has 142 valence electrons. The minimum Gasteiger partial charge on any atom is -0.493 e. The lowest BCUT2D eigenvalue weighted by Crippen LogP contribution is -2.29. The van der Waals surface area contributed by atoms with Crippen molar-refractivity contribution in [2.24, 2.45) is 0 Å². The van der Waals surface area contributed by atoms with Crippen LogP contribution in [0.1, 0.15) is 21.7 Å². The van der Waals surface area contributed by atoms with Gasteiger partial charge in [0, 0.05) is 29.6 Å². The second-order valence-electron chi connectivity index (χ2n) is 6.36. The highest BCUT2D eigenvalue weighted by Gasteiger charge is 2.21. The number of halogens is 1. The maximum Gasteiger partial charge on any atom is 0.289 e. The van der Waals surface area contributed by atoms with E-state index in [1.165, 1.54) is 0 Å². The summed E-state index contributed by atoms with van der Waals surface area (Å²) in [5.74, 6) is 1.55.